The second-order valence-corrected chi connectivity index (χ2v) is 5.96. The maximum Gasteiger partial charge on any atom is 0.307 e. The molecule has 0 spiro atoms. The molecule has 7 heteroatoms. The van der Waals surface area contributed by atoms with Crippen molar-refractivity contribution in [3.63, 3.8) is 0 Å². The van der Waals surface area contributed by atoms with Crippen LogP contribution >= 0.6 is 11.3 Å². The fourth-order valence-corrected chi connectivity index (χ4v) is 2.98. The lowest BCUT2D eigenvalue weighted by molar-refractivity contribution is -0.133. The molecule has 0 saturated carbocycles. The number of aryl methyl sites for hydroxylation is 1. The number of amides is 1. The number of nitrogens with zero attached hydrogens (tertiary/aromatic N) is 2. The van der Waals surface area contributed by atoms with Gasteiger partial charge < -0.3 is 13.7 Å². The van der Waals surface area contributed by atoms with E-state index in [1.165, 1.54) is 4.57 Å². The molecule has 3 aromatic rings. The fourth-order valence-electron chi connectivity index (χ4n) is 2.24. The topological polar surface area (TPSA) is 68.6 Å². The van der Waals surface area contributed by atoms with Crippen molar-refractivity contribution in [3.05, 3.63) is 69.1 Å². The number of hydrogen-bond acceptors (Lipinski definition) is 5. The van der Waals surface area contributed by atoms with E-state index in [0.29, 0.717) is 24.6 Å². The van der Waals surface area contributed by atoms with Crippen LogP contribution in [-0.2, 0) is 24.4 Å². The minimum Gasteiger partial charge on any atom is -0.467 e. The fraction of sp³-hybridized carbons (Fsp3) is 0.250. The van der Waals surface area contributed by atoms with Crippen molar-refractivity contribution in [2.45, 2.75) is 26.6 Å². The molecule has 120 valence electrons. The Kier molecular flexibility index (Phi) is 4.47. The van der Waals surface area contributed by atoms with Gasteiger partial charge in [0.1, 0.15) is 18.1 Å². The molecule has 0 aliphatic carbocycles. The number of rotatable bonds is 6. The maximum absolute atomic E-state index is 12.7. The van der Waals surface area contributed by atoms with Gasteiger partial charge in [-0.05, 0) is 31.2 Å². The Morgan fingerprint density at radius 3 is 2.22 bits per heavy atom. The molecule has 3 heterocycles. The standard InChI is InChI=1S/C16H16N2O4S/c1-12-11-23-16(20)18(12)10-15(19)17(8-13-4-2-6-21-13)9-14-5-3-7-22-14/h2-7,11H,8-10H2,1H3. The first kappa shape index (κ1) is 15.4. The van der Waals surface area contributed by atoms with Gasteiger partial charge in [-0.25, -0.2) is 0 Å². The molecule has 0 aliphatic rings. The highest BCUT2D eigenvalue weighted by Gasteiger charge is 2.19. The zero-order valence-corrected chi connectivity index (χ0v) is 13.4. The van der Waals surface area contributed by atoms with Crippen LogP contribution in [0.4, 0.5) is 0 Å². The lowest BCUT2D eigenvalue weighted by Gasteiger charge is -2.21. The van der Waals surface area contributed by atoms with Crippen LogP contribution < -0.4 is 4.87 Å². The number of furan rings is 2. The van der Waals surface area contributed by atoms with Gasteiger partial charge in [0, 0.05) is 11.1 Å². The summed E-state index contributed by atoms with van der Waals surface area (Å²) < 4.78 is 12.1. The molecule has 0 saturated heterocycles. The van der Waals surface area contributed by atoms with E-state index in [-0.39, 0.29) is 17.3 Å². The van der Waals surface area contributed by atoms with E-state index >= 15 is 0 Å². The SMILES string of the molecule is Cc1csc(=O)n1CC(=O)N(Cc1ccco1)Cc1ccco1. The van der Waals surface area contributed by atoms with Crippen molar-refractivity contribution >= 4 is 17.2 Å². The highest BCUT2D eigenvalue weighted by Crippen LogP contribution is 2.12. The number of hydrogen-bond donors (Lipinski definition) is 0. The van der Waals surface area contributed by atoms with Crippen molar-refractivity contribution in [2.24, 2.45) is 0 Å². The zero-order valence-electron chi connectivity index (χ0n) is 12.6. The first-order valence-electron chi connectivity index (χ1n) is 7.11. The molecule has 3 aromatic heterocycles. The van der Waals surface area contributed by atoms with Gasteiger partial charge in [0.05, 0.1) is 25.6 Å². The normalized spacial score (nSPS) is 10.8. The van der Waals surface area contributed by atoms with E-state index in [9.17, 15) is 9.59 Å². The lowest BCUT2D eigenvalue weighted by atomic mass is 10.3. The average Bonchev–Trinajstić information content (AvgIpc) is 3.26. The molecule has 0 atom stereocenters. The molecule has 23 heavy (non-hydrogen) atoms. The van der Waals surface area contributed by atoms with Gasteiger partial charge in [-0.1, -0.05) is 11.3 Å². The van der Waals surface area contributed by atoms with Crippen molar-refractivity contribution in [1.82, 2.24) is 9.47 Å². The van der Waals surface area contributed by atoms with Crippen LogP contribution in [0.5, 0.6) is 0 Å². The zero-order chi connectivity index (χ0) is 16.2. The molecule has 0 unspecified atom stereocenters. The van der Waals surface area contributed by atoms with Crippen LogP contribution in [0.15, 0.2) is 55.8 Å². The highest BCUT2D eigenvalue weighted by molar-refractivity contribution is 7.07. The van der Waals surface area contributed by atoms with Gasteiger partial charge in [0.25, 0.3) is 0 Å². The third-order valence-corrected chi connectivity index (χ3v) is 4.36. The minimum atomic E-state index is -0.165. The molecular weight excluding hydrogens is 316 g/mol. The summed E-state index contributed by atoms with van der Waals surface area (Å²) in [5.74, 6) is 1.19. The first-order chi connectivity index (χ1) is 11.1. The summed E-state index contributed by atoms with van der Waals surface area (Å²) in [4.78, 5) is 25.9. The summed E-state index contributed by atoms with van der Waals surface area (Å²) in [7, 11) is 0. The average molecular weight is 332 g/mol. The maximum atomic E-state index is 12.7. The highest BCUT2D eigenvalue weighted by atomic mass is 32.1. The first-order valence-corrected chi connectivity index (χ1v) is 7.99. The van der Waals surface area contributed by atoms with Gasteiger partial charge in [-0.2, -0.15) is 0 Å². The van der Waals surface area contributed by atoms with Gasteiger partial charge in [-0.3, -0.25) is 14.2 Å². The van der Waals surface area contributed by atoms with Crippen molar-refractivity contribution < 1.29 is 13.6 Å². The summed E-state index contributed by atoms with van der Waals surface area (Å²) in [6.07, 6.45) is 3.14. The molecule has 0 N–H and O–H groups in total. The Hall–Kier alpha value is -2.54. The number of thiazole rings is 1. The predicted octanol–water partition coefficient (Wildman–Crippen LogP) is 2.63. The second kappa shape index (κ2) is 6.70. The largest absolute Gasteiger partial charge is 0.467 e. The third-order valence-electron chi connectivity index (χ3n) is 3.48. The second-order valence-electron chi connectivity index (χ2n) is 5.14. The Labute approximate surface area is 136 Å². The van der Waals surface area contributed by atoms with E-state index in [0.717, 1.165) is 17.0 Å². The van der Waals surface area contributed by atoms with Crippen LogP contribution in [-0.4, -0.2) is 15.4 Å². The number of aromatic nitrogens is 1. The molecule has 0 radical (unpaired) electrons. The van der Waals surface area contributed by atoms with Gasteiger partial charge in [-0.15, -0.1) is 0 Å². The Morgan fingerprint density at radius 1 is 1.17 bits per heavy atom. The molecule has 1 amide bonds. The third kappa shape index (κ3) is 3.62. The molecule has 0 aliphatic heterocycles. The Balaban J connectivity index is 1.78. The quantitative estimate of drug-likeness (QED) is 0.696. The minimum absolute atomic E-state index is 0.00951. The van der Waals surface area contributed by atoms with Gasteiger partial charge in [0.2, 0.25) is 5.91 Å². The molecule has 0 aromatic carbocycles. The van der Waals surface area contributed by atoms with Crippen LogP contribution in [0.1, 0.15) is 17.2 Å². The van der Waals surface area contributed by atoms with Crippen molar-refractivity contribution in [2.75, 3.05) is 0 Å². The van der Waals surface area contributed by atoms with E-state index in [1.807, 2.05) is 19.1 Å². The summed E-state index contributed by atoms with van der Waals surface area (Å²) >= 11 is 1.10. The summed E-state index contributed by atoms with van der Waals surface area (Å²) in [5, 5.41) is 1.75. The number of carbonyl (C=O) groups is 1. The smallest absolute Gasteiger partial charge is 0.307 e. The molecule has 6 nitrogen and oxygen atoms in total. The van der Waals surface area contributed by atoms with E-state index in [1.54, 1.807) is 34.9 Å². The molecule has 0 bridgehead atoms. The lowest BCUT2D eigenvalue weighted by Crippen LogP contribution is -2.35. The summed E-state index contributed by atoms with van der Waals surface area (Å²) in [5.41, 5.74) is 0.782. The molecule has 3 rings (SSSR count). The van der Waals surface area contributed by atoms with Gasteiger partial charge >= 0.3 is 4.87 Å². The monoisotopic (exact) mass is 332 g/mol. The van der Waals surface area contributed by atoms with E-state index in [4.69, 9.17) is 8.83 Å². The van der Waals surface area contributed by atoms with Crippen LogP contribution in [0, 0.1) is 6.92 Å². The predicted molar refractivity (Wildman–Crippen MR) is 85.0 cm³/mol. The van der Waals surface area contributed by atoms with Crippen LogP contribution in [0.25, 0.3) is 0 Å². The van der Waals surface area contributed by atoms with Crippen LogP contribution in [0.2, 0.25) is 0 Å². The number of carbonyl (C=O) groups excluding carboxylic acids is 1. The van der Waals surface area contributed by atoms with Crippen LogP contribution in [0.3, 0.4) is 0 Å². The molecule has 0 fully saturated rings. The molecular formula is C16H16N2O4S. The van der Waals surface area contributed by atoms with Crippen molar-refractivity contribution in [3.8, 4) is 0 Å². The Morgan fingerprint density at radius 2 is 1.78 bits per heavy atom. The Bertz CT molecular complexity index is 779. The summed E-state index contributed by atoms with van der Waals surface area (Å²) in [6, 6.07) is 7.17. The van der Waals surface area contributed by atoms with Crippen molar-refractivity contribution in [1.29, 1.82) is 0 Å². The summed E-state index contributed by atoms with van der Waals surface area (Å²) in [6.45, 7) is 2.47. The van der Waals surface area contributed by atoms with Gasteiger partial charge in [0.15, 0.2) is 0 Å². The van der Waals surface area contributed by atoms with E-state index < -0.39 is 0 Å². The van der Waals surface area contributed by atoms with E-state index in [2.05, 4.69) is 0 Å².